The first-order valence-corrected chi connectivity index (χ1v) is 7.40. The number of halogens is 3. The Morgan fingerprint density at radius 3 is 2.67 bits per heavy atom. The second-order valence-corrected chi connectivity index (χ2v) is 6.17. The number of ether oxygens (including phenoxy) is 1. The summed E-state index contributed by atoms with van der Waals surface area (Å²) in [7, 11) is 1.85. The number of likely N-dealkylation sites (N-methyl/N-ethyl adjacent to an activating group) is 1. The zero-order chi connectivity index (χ0) is 15.5. The molecule has 1 aromatic carbocycles. The van der Waals surface area contributed by atoms with E-state index in [2.05, 4.69) is 4.74 Å². The van der Waals surface area contributed by atoms with Crippen LogP contribution in [0.15, 0.2) is 18.2 Å². The molecule has 21 heavy (non-hydrogen) atoms. The fourth-order valence-corrected chi connectivity index (χ4v) is 3.12. The minimum atomic E-state index is -2.87. The lowest BCUT2D eigenvalue weighted by Gasteiger charge is -2.29. The molecule has 118 valence electrons. The average molecular weight is 320 g/mol. The highest BCUT2D eigenvalue weighted by atomic mass is 35.5. The molecule has 3 nitrogen and oxygen atoms in total. The average Bonchev–Trinajstić information content (AvgIpc) is 2.78. The zero-order valence-corrected chi connectivity index (χ0v) is 12.7. The lowest BCUT2D eigenvalue weighted by molar-refractivity contribution is -0.0510. The molecule has 0 saturated heterocycles. The van der Waals surface area contributed by atoms with E-state index in [0.717, 1.165) is 25.7 Å². The van der Waals surface area contributed by atoms with E-state index in [1.807, 2.05) is 11.9 Å². The maximum absolute atomic E-state index is 12.4. The quantitative estimate of drug-likeness (QED) is 0.868. The van der Waals surface area contributed by atoms with Gasteiger partial charge in [-0.3, -0.25) is 4.90 Å². The first-order chi connectivity index (χ1) is 9.88. The Balaban J connectivity index is 2.05. The minimum Gasteiger partial charge on any atom is -0.434 e. The number of hydrogen-bond donors (Lipinski definition) is 1. The molecule has 0 bridgehead atoms. The molecule has 0 aromatic heterocycles. The Morgan fingerprint density at radius 2 is 2.05 bits per heavy atom. The molecule has 1 aliphatic carbocycles. The predicted molar refractivity (Wildman–Crippen MR) is 77.8 cm³/mol. The summed E-state index contributed by atoms with van der Waals surface area (Å²) in [6.45, 7) is -1.97. The minimum absolute atomic E-state index is 0.125. The lowest BCUT2D eigenvalue weighted by Crippen LogP contribution is -2.38. The Hall–Kier alpha value is -0.910. The van der Waals surface area contributed by atoms with Crippen LogP contribution in [0, 0.1) is 0 Å². The molecule has 1 aromatic rings. The number of hydrogen-bond acceptors (Lipinski definition) is 3. The van der Waals surface area contributed by atoms with Gasteiger partial charge in [0.2, 0.25) is 0 Å². The summed E-state index contributed by atoms with van der Waals surface area (Å²) in [5.74, 6) is 0.125. The SMILES string of the molecule is CN(Cc1cc(Cl)ccc1OC(F)F)CC1(O)CCCC1. The molecule has 0 atom stereocenters. The molecule has 1 saturated carbocycles. The summed E-state index contributed by atoms with van der Waals surface area (Å²) in [5, 5.41) is 10.9. The summed E-state index contributed by atoms with van der Waals surface area (Å²) < 4.78 is 29.4. The van der Waals surface area contributed by atoms with Gasteiger partial charge in [-0.15, -0.1) is 0 Å². The van der Waals surface area contributed by atoms with E-state index < -0.39 is 12.2 Å². The first-order valence-electron chi connectivity index (χ1n) is 7.02. The van der Waals surface area contributed by atoms with Gasteiger partial charge < -0.3 is 9.84 Å². The van der Waals surface area contributed by atoms with Crippen LogP contribution >= 0.6 is 11.6 Å². The second kappa shape index (κ2) is 6.90. The van der Waals surface area contributed by atoms with E-state index >= 15 is 0 Å². The Bertz CT molecular complexity index is 479. The number of aliphatic hydroxyl groups is 1. The molecule has 0 aliphatic heterocycles. The number of nitrogens with zero attached hydrogens (tertiary/aromatic N) is 1. The molecule has 0 radical (unpaired) electrons. The normalized spacial score (nSPS) is 17.7. The number of benzene rings is 1. The summed E-state index contributed by atoms with van der Waals surface area (Å²) in [6.07, 6.45) is 3.63. The van der Waals surface area contributed by atoms with Gasteiger partial charge in [-0.1, -0.05) is 24.4 Å². The maximum atomic E-state index is 12.4. The molecule has 1 aliphatic rings. The van der Waals surface area contributed by atoms with Crippen LogP contribution in [-0.2, 0) is 6.54 Å². The van der Waals surface area contributed by atoms with Gasteiger partial charge in [-0.25, -0.2) is 0 Å². The highest BCUT2D eigenvalue weighted by Gasteiger charge is 2.32. The van der Waals surface area contributed by atoms with Gasteiger partial charge in [0.25, 0.3) is 0 Å². The van der Waals surface area contributed by atoms with Crippen molar-refractivity contribution in [2.24, 2.45) is 0 Å². The monoisotopic (exact) mass is 319 g/mol. The third-order valence-corrected chi connectivity index (χ3v) is 4.01. The lowest BCUT2D eigenvalue weighted by atomic mass is 10.0. The van der Waals surface area contributed by atoms with Crippen molar-refractivity contribution >= 4 is 11.6 Å². The molecule has 0 amide bonds. The fourth-order valence-electron chi connectivity index (χ4n) is 2.92. The third kappa shape index (κ3) is 4.80. The molecule has 2 rings (SSSR count). The van der Waals surface area contributed by atoms with Crippen molar-refractivity contribution in [2.45, 2.75) is 44.4 Å². The van der Waals surface area contributed by atoms with Gasteiger partial charge in [0.05, 0.1) is 5.60 Å². The van der Waals surface area contributed by atoms with Crippen LogP contribution in [0.2, 0.25) is 5.02 Å². The largest absolute Gasteiger partial charge is 0.434 e. The molecule has 0 heterocycles. The van der Waals surface area contributed by atoms with Crippen molar-refractivity contribution in [3.05, 3.63) is 28.8 Å². The van der Waals surface area contributed by atoms with Gasteiger partial charge >= 0.3 is 6.61 Å². The van der Waals surface area contributed by atoms with E-state index in [0.29, 0.717) is 23.7 Å². The van der Waals surface area contributed by atoms with E-state index in [1.165, 1.54) is 12.1 Å². The van der Waals surface area contributed by atoms with E-state index in [4.69, 9.17) is 11.6 Å². The molecule has 1 fully saturated rings. The molecule has 1 N–H and O–H groups in total. The van der Waals surface area contributed by atoms with E-state index in [1.54, 1.807) is 6.07 Å². The molecular weight excluding hydrogens is 300 g/mol. The van der Waals surface area contributed by atoms with Crippen LogP contribution in [0.3, 0.4) is 0 Å². The molecule has 6 heteroatoms. The van der Waals surface area contributed by atoms with Gasteiger partial charge in [-0.2, -0.15) is 8.78 Å². The summed E-state index contributed by atoms with van der Waals surface area (Å²) in [6, 6.07) is 4.59. The van der Waals surface area contributed by atoms with Crippen LogP contribution in [0.25, 0.3) is 0 Å². The maximum Gasteiger partial charge on any atom is 0.387 e. The van der Waals surface area contributed by atoms with Crippen molar-refractivity contribution < 1.29 is 18.6 Å². The predicted octanol–water partition coefficient (Wildman–Crippen LogP) is 3.68. The van der Waals surface area contributed by atoms with Gasteiger partial charge in [0.1, 0.15) is 5.75 Å². The van der Waals surface area contributed by atoms with Crippen molar-refractivity contribution in [1.82, 2.24) is 4.90 Å². The summed E-state index contributed by atoms with van der Waals surface area (Å²) in [4.78, 5) is 1.91. The second-order valence-electron chi connectivity index (χ2n) is 5.73. The van der Waals surface area contributed by atoms with Gasteiger partial charge in [0, 0.05) is 23.7 Å². The fraction of sp³-hybridized carbons (Fsp3) is 0.600. The number of rotatable bonds is 6. The Labute approximate surface area is 128 Å². The smallest absolute Gasteiger partial charge is 0.387 e. The molecule has 0 spiro atoms. The van der Waals surface area contributed by atoms with Crippen LogP contribution in [0.4, 0.5) is 8.78 Å². The van der Waals surface area contributed by atoms with Crippen LogP contribution in [-0.4, -0.2) is 35.8 Å². The van der Waals surface area contributed by atoms with Crippen LogP contribution in [0.5, 0.6) is 5.75 Å². The highest BCUT2D eigenvalue weighted by molar-refractivity contribution is 6.30. The van der Waals surface area contributed by atoms with Crippen molar-refractivity contribution in [3.8, 4) is 5.75 Å². The molecule has 0 unspecified atom stereocenters. The number of alkyl halides is 2. The Kier molecular flexibility index (Phi) is 5.41. The zero-order valence-electron chi connectivity index (χ0n) is 12.0. The summed E-state index contributed by atoms with van der Waals surface area (Å²) >= 11 is 5.92. The van der Waals surface area contributed by atoms with Crippen LogP contribution in [0.1, 0.15) is 31.2 Å². The van der Waals surface area contributed by atoms with Gasteiger partial charge in [0.15, 0.2) is 0 Å². The first kappa shape index (κ1) is 16.5. The van der Waals surface area contributed by atoms with Crippen molar-refractivity contribution in [2.75, 3.05) is 13.6 Å². The topological polar surface area (TPSA) is 32.7 Å². The standard InChI is InChI=1S/C15H20ClF2NO2/c1-19(10-15(20)6-2-3-7-15)9-11-8-12(16)4-5-13(11)21-14(17)18/h4-5,8,14,20H,2-3,6-7,9-10H2,1H3. The third-order valence-electron chi connectivity index (χ3n) is 3.78. The summed E-state index contributed by atoms with van der Waals surface area (Å²) in [5.41, 5.74) is -0.0799. The van der Waals surface area contributed by atoms with Crippen LogP contribution < -0.4 is 4.74 Å². The van der Waals surface area contributed by atoms with Crippen molar-refractivity contribution in [3.63, 3.8) is 0 Å². The van der Waals surface area contributed by atoms with E-state index in [9.17, 15) is 13.9 Å². The highest BCUT2D eigenvalue weighted by Crippen LogP contribution is 2.31. The van der Waals surface area contributed by atoms with E-state index in [-0.39, 0.29) is 5.75 Å². The Morgan fingerprint density at radius 1 is 1.38 bits per heavy atom. The molecular formula is C15H20ClF2NO2. The van der Waals surface area contributed by atoms with Crippen molar-refractivity contribution in [1.29, 1.82) is 0 Å². The van der Waals surface area contributed by atoms with Gasteiger partial charge in [-0.05, 0) is 38.1 Å².